The van der Waals surface area contributed by atoms with Crippen molar-refractivity contribution >= 4 is 17.5 Å². The predicted molar refractivity (Wildman–Crippen MR) is 99.3 cm³/mol. The van der Waals surface area contributed by atoms with Crippen molar-refractivity contribution < 1.29 is 14.0 Å². The number of anilines is 1. The number of carbonyl (C=O) groups is 2. The molecule has 2 amide bonds. The van der Waals surface area contributed by atoms with Crippen LogP contribution in [0.2, 0.25) is 0 Å². The minimum absolute atomic E-state index is 0.269. The van der Waals surface area contributed by atoms with Crippen LogP contribution in [0.5, 0.6) is 0 Å². The van der Waals surface area contributed by atoms with E-state index in [1.807, 2.05) is 32.0 Å². The maximum atomic E-state index is 13.6. The van der Waals surface area contributed by atoms with Gasteiger partial charge in [-0.15, -0.1) is 0 Å². The second-order valence-corrected chi connectivity index (χ2v) is 6.95. The Morgan fingerprint density at radius 2 is 1.81 bits per heavy atom. The van der Waals surface area contributed by atoms with Gasteiger partial charge in [-0.05, 0) is 61.9 Å². The summed E-state index contributed by atoms with van der Waals surface area (Å²) in [5, 5.41) is 5.68. The highest BCUT2D eigenvalue weighted by molar-refractivity contribution is 6.13. The van der Waals surface area contributed by atoms with Crippen LogP contribution in [-0.4, -0.2) is 18.4 Å². The lowest BCUT2D eigenvalue weighted by molar-refractivity contribution is -0.134. The van der Waals surface area contributed by atoms with Crippen molar-refractivity contribution in [2.75, 3.05) is 11.9 Å². The Morgan fingerprint density at radius 3 is 2.50 bits per heavy atom. The molecule has 1 aliphatic carbocycles. The Balaban J connectivity index is 1.59. The number of hydrogen-bond donors (Lipinski definition) is 2. The molecule has 136 valence electrons. The van der Waals surface area contributed by atoms with Crippen LogP contribution < -0.4 is 10.6 Å². The quantitative estimate of drug-likeness (QED) is 0.780. The smallest absolute Gasteiger partial charge is 0.240 e. The number of nitrogens with one attached hydrogen (secondary N) is 2. The molecule has 0 unspecified atom stereocenters. The molecule has 5 heteroatoms. The van der Waals surface area contributed by atoms with Crippen LogP contribution in [-0.2, 0) is 16.0 Å². The average molecular weight is 354 g/mol. The summed E-state index contributed by atoms with van der Waals surface area (Å²) in [7, 11) is 0. The van der Waals surface area contributed by atoms with Crippen molar-refractivity contribution in [3.05, 3.63) is 65.0 Å². The zero-order chi connectivity index (χ0) is 18.7. The summed E-state index contributed by atoms with van der Waals surface area (Å²) in [4.78, 5) is 25.2. The molecule has 0 saturated heterocycles. The van der Waals surface area contributed by atoms with Crippen LogP contribution in [0.25, 0.3) is 0 Å². The van der Waals surface area contributed by atoms with E-state index < -0.39 is 5.41 Å². The van der Waals surface area contributed by atoms with Gasteiger partial charge in [0.25, 0.3) is 0 Å². The third-order valence-electron chi connectivity index (χ3n) is 4.90. The lowest BCUT2D eigenvalue weighted by Crippen LogP contribution is -2.40. The summed E-state index contributed by atoms with van der Waals surface area (Å²) < 4.78 is 13.6. The molecule has 0 radical (unpaired) electrons. The highest BCUT2D eigenvalue weighted by atomic mass is 19.1. The molecule has 2 aromatic carbocycles. The number of carbonyl (C=O) groups excluding carboxylic acids is 2. The zero-order valence-corrected chi connectivity index (χ0v) is 15.1. The maximum absolute atomic E-state index is 13.6. The largest absolute Gasteiger partial charge is 0.355 e. The molecule has 0 atom stereocenters. The minimum Gasteiger partial charge on any atom is -0.355 e. The van der Waals surface area contributed by atoms with E-state index in [2.05, 4.69) is 10.6 Å². The summed E-state index contributed by atoms with van der Waals surface area (Å²) in [6, 6.07) is 12.3. The fourth-order valence-electron chi connectivity index (χ4n) is 2.98. The van der Waals surface area contributed by atoms with Gasteiger partial charge < -0.3 is 10.6 Å². The fraction of sp³-hybridized carbons (Fsp3) is 0.333. The van der Waals surface area contributed by atoms with Gasteiger partial charge >= 0.3 is 0 Å². The van der Waals surface area contributed by atoms with Crippen molar-refractivity contribution in [2.45, 2.75) is 33.1 Å². The first kappa shape index (κ1) is 18.1. The summed E-state index contributed by atoms with van der Waals surface area (Å²) >= 11 is 0. The molecule has 0 aromatic heterocycles. The second-order valence-electron chi connectivity index (χ2n) is 6.95. The first-order valence-corrected chi connectivity index (χ1v) is 8.83. The van der Waals surface area contributed by atoms with Crippen LogP contribution in [0.15, 0.2) is 42.5 Å². The molecular weight excluding hydrogens is 331 g/mol. The molecule has 0 heterocycles. The summed E-state index contributed by atoms with van der Waals surface area (Å²) in [5.41, 5.74) is 2.30. The van der Waals surface area contributed by atoms with Crippen LogP contribution in [0.3, 0.4) is 0 Å². The van der Waals surface area contributed by atoms with Gasteiger partial charge in [0.1, 0.15) is 11.2 Å². The molecule has 2 N–H and O–H groups in total. The van der Waals surface area contributed by atoms with Crippen molar-refractivity contribution in [3.8, 4) is 0 Å². The van der Waals surface area contributed by atoms with E-state index in [9.17, 15) is 14.0 Å². The van der Waals surface area contributed by atoms with Crippen molar-refractivity contribution in [1.82, 2.24) is 5.32 Å². The number of halogens is 1. The molecule has 0 spiro atoms. The van der Waals surface area contributed by atoms with Gasteiger partial charge in [0.15, 0.2) is 0 Å². The van der Waals surface area contributed by atoms with Gasteiger partial charge in [-0.25, -0.2) is 4.39 Å². The Labute approximate surface area is 152 Å². The summed E-state index contributed by atoms with van der Waals surface area (Å²) in [6.07, 6.45) is 1.47. The van der Waals surface area contributed by atoms with E-state index in [0.717, 1.165) is 16.8 Å². The Bertz CT molecular complexity index is 844. The lowest BCUT2D eigenvalue weighted by Gasteiger charge is -2.17. The highest BCUT2D eigenvalue weighted by Gasteiger charge is 2.56. The number of benzene rings is 2. The Morgan fingerprint density at radius 1 is 1.08 bits per heavy atom. The number of rotatable bonds is 6. The lowest BCUT2D eigenvalue weighted by atomic mass is 10.0. The normalized spacial score (nSPS) is 14.6. The van der Waals surface area contributed by atoms with Crippen LogP contribution >= 0.6 is 0 Å². The standard InChI is InChI=1S/C21H23FN2O2/c1-14-7-8-15(2)18(13-14)24-20(26)21(10-11-21)19(25)23-12-9-16-5-3-4-6-17(16)22/h3-8,13H,9-12H2,1-2H3,(H,23,25)(H,24,26). The van der Waals surface area contributed by atoms with Crippen molar-refractivity contribution in [1.29, 1.82) is 0 Å². The van der Waals surface area contributed by atoms with Crippen molar-refractivity contribution in [3.63, 3.8) is 0 Å². The highest BCUT2D eigenvalue weighted by Crippen LogP contribution is 2.47. The van der Waals surface area contributed by atoms with E-state index in [-0.39, 0.29) is 17.6 Å². The number of hydrogen-bond acceptors (Lipinski definition) is 2. The molecule has 0 aliphatic heterocycles. The first-order valence-electron chi connectivity index (χ1n) is 8.83. The third kappa shape index (κ3) is 3.77. The van der Waals surface area contributed by atoms with Gasteiger partial charge in [0, 0.05) is 12.2 Å². The first-order chi connectivity index (χ1) is 12.4. The summed E-state index contributed by atoms with van der Waals surface area (Å²) in [5.74, 6) is -0.832. The fourth-order valence-corrected chi connectivity index (χ4v) is 2.98. The second kappa shape index (κ2) is 7.28. The SMILES string of the molecule is Cc1ccc(C)c(NC(=O)C2(C(=O)NCCc3ccccc3F)CC2)c1. The molecule has 2 aromatic rings. The molecule has 1 fully saturated rings. The van der Waals surface area contributed by atoms with Gasteiger partial charge in [-0.1, -0.05) is 30.3 Å². The van der Waals surface area contributed by atoms with Crippen molar-refractivity contribution in [2.24, 2.45) is 5.41 Å². The zero-order valence-electron chi connectivity index (χ0n) is 15.1. The summed E-state index contributed by atoms with van der Waals surface area (Å²) in [6.45, 7) is 4.18. The third-order valence-corrected chi connectivity index (χ3v) is 4.90. The van der Waals surface area contributed by atoms with E-state index >= 15 is 0 Å². The maximum Gasteiger partial charge on any atom is 0.240 e. The van der Waals surface area contributed by atoms with Crippen LogP contribution in [0.1, 0.15) is 29.5 Å². The molecule has 1 aliphatic rings. The van der Waals surface area contributed by atoms with Gasteiger partial charge in [-0.3, -0.25) is 9.59 Å². The average Bonchev–Trinajstić information content (AvgIpc) is 3.42. The topological polar surface area (TPSA) is 58.2 Å². The van der Waals surface area contributed by atoms with E-state index in [1.54, 1.807) is 18.2 Å². The van der Waals surface area contributed by atoms with E-state index in [1.165, 1.54) is 6.07 Å². The van der Waals surface area contributed by atoms with E-state index in [4.69, 9.17) is 0 Å². The Hall–Kier alpha value is -2.69. The minimum atomic E-state index is -0.995. The molecule has 1 saturated carbocycles. The monoisotopic (exact) mass is 354 g/mol. The number of aryl methyl sites for hydroxylation is 2. The Kier molecular flexibility index (Phi) is 5.07. The number of amides is 2. The molecule has 26 heavy (non-hydrogen) atoms. The molecule has 4 nitrogen and oxygen atoms in total. The van der Waals surface area contributed by atoms with Crippen LogP contribution in [0, 0.1) is 25.1 Å². The van der Waals surface area contributed by atoms with Gasteiger partial charge in [0.05, 0.1) is 0 Å². The van der Waals surface area contributed by atoms with Crippen LogP contribution in [0.4, 0.5) is 10.1 Å². The van der Waals surface area contributed by atoms with Gasteiger partial charge in [-0.2, -0.15) is 0 Å². The predicted octanol–water partition coefficient (Wildman–Crippen LogP) is 3.52. The van der Waals surface area contributed by atoms with Gasteiger partial charge in [0.2, 0.25) is 11.8 Å². The van der Waals surface area contributed by atoms with E-state index in [0.29, 0.717) is 31.4 Å². The molecule has 3 rings (SSSR count). The molecular formula is C21H23FN2O2. The molecule has 0 bridgehead atoms.